The first-order chi connectivity index (χ1) is 13.1. The van der Waals surface area contributed by atoms with Crippen LogP contribution in [-0.2, 0) is 11.2 Å². The van der Waals surface area contributed by atoms with Gasteiger partial charge in [-0.1, -0.05) is 6.08 Å². The van der Waals surface area contributed by atoms with Crippen LogP contribution in [0.3, 0.4) is 0 Å². The normalized spacial score (nSPS) is 15.9. The van der Waals surface area contributed by atoms with Crippen LogP contribution in [0.2, 0.25) is 0 Å². The van der Waals surface area contributed by atoms with Crippen molar-refractivity contribution in [1.82, 2.24) is 4.90 Å². The number of hydrogen-bond acceptors (Lipinski definition) is 5. The van der Waals surface area contributed by atoms with E-state index in [0.29, 0.717) is 32.7 Å². The van der Waals surface area contributed by atoms with Gasteiger partial charge in [0.2, 0.25) is 0 Å². The molecule has 1 aromatic carbocycles. The van der Waals surface area contributed by atoms with Crippen LogP contribution in [0.15, 0.2) is 30.9 Å². The molecule has 1 aliphatic heterocycles. The SMILES string of the molecule is C=CCc1cc(OC)ccc1OC[C@@H](O)C[NH+]1CCN(C(=O)OCC)CC1. The van der Waals surface area contributed by atoms with Gasteiger partial charge in [0.15, 0.2) is 0 Å². The minimum absolute atomic E-state index is 0.224. The van der Waals surface area contributed by atoms with Crippen LogP contribution in [0.5, 0.6) is 11.5 Å². The average Bonchev–Trinajstić information content (AvgIpc) is 2.68. The summed E-state index contributed by atoms with van der Waals surface area (Å²) in [6, 6.07) is 5.62. The van der Waals surface area contributed by atoms with Crippen LogP contribution in [0.4, 0.5) is 4.79 Å². The van der Waals surface area contributed by atoms with Crippen LogP contribution in [0, 0.1) is 0 Å². The number of aliphatic hydroxyl groups excluding tert-OH is 1. The standard InChI is InChI=1S/C20H30N2O5/c1-4-6-16-13-18(25-3)7-8-19(16)27-15-17(23)14-21-9-11-22(12-10-21)20(24)26-5-2/h4,7-8,13,17,23H,1,5-6,9-12,14-15H2,2-3H3/p+1/t17-/m0/s1. The second kappa shape index (κ2) is 10.8. The van der Waals surface area contributed by atoms with E-state index in [9.17, 15) is 9.90 Å². The number of aliphatic hydroxyl groups is 1. The van der Waals surface area contributed by atoms with E-state index in [-0.39, 0.29) is 12.7 Å². The van der Waals surface area contributed by atoms with Crippen molar-refractivity contribution in [1.29, 1.82) is 0 Å². The van der Waals surface area contributed by atoms with E-state index in [2.05, 4.69) is 6.58 Å². The fourth-order valence-electron chi connectivity index (χ4n) is 3.14. The fourth-order valence-corrected chi connectivity index (χ4v) is 3.14. The molecule has 1 aromatic rings. The van der Waals surface area contributed by atoms with E-state index >= 15 is 0 Å². The minimum Gasteiger partial charge on any atom is -0.497 e. The molecule has 27 heavy (non-hydrogen) atoms. The van der Waals surface area contributed by atoms with Crippen molar-refractivity contribution in [3.8, 4) is 11.5 Å². The highest BCUT2D eigenvalue weighted by molar-refractivity contribution is 5.67. The van der Waals surface area contributed by atoms with Gasteiger partial charge in [-0.25, -0.2) is 4.79 Å². The molecule has 0 unspecified atom stereocenters. The summed E-state index contributed by atoms with van der Waals surface area (Å²) in [7, 11) is 1.63. The van der Waals surface area contributed by atoms with Crippen molar-refractivity contribution >= 4 is 6.09 Å². The molecule has 0 aromatic heterocycles. The van der Waals surface area contributed by atoms with Crippen LogP contribution >= 0.6 is 0 Å². The molecular formula is C20H31N2O5+. The van der Waals surface area contributed by atoms with Gasteiger partial charge in [0.25, 0.3) is 0 Å². The van der Waals surface area contributed by atoms with E-state index in [0.717, 1.165) is 30.2 Å². The Labute approximate surface area is 161 Å². The van der Waals surface area contributed by atoms with Crippen molar-refractivity contribution < 1.29 is 29.0 Å². The Morgan fingerprint density at radius 3 is 2.78 bits per heavy atom. The molecular weight excluding hydrogens is 348 g/mol. The van der Waals surface area contributed by atoms with Gasteiger partial charge in [-0.15, -0.1) is 6.58 Å². The van der Waals surface area contributed by atoms with Crippen molar-refractivity contribution in [3.05, 3.63) is 36.4 Å². The number of carbonyl (C=O) groups is 1. The number of ether oxygens (including phenoxy) is 3. The van der Waals surface area contributed by atoms with E-state index in [4.69, 9.17) is 14.2 Å². The summed E-state index contributed by atoms with van der Waals surface area (Å²) < 4.78 is 16.1. The third-order valence-corrected chi connectivity index (χ3v) is 4.58. The quantitative estimate of drug-likeness (QED) is 0.612. The van der Waals surface area contributed by atoms with Gasteiger partial charge in [-0.3, -0.25) is 4.90 Å². The highest BCUT2D eigenvalue weighted by atomic mass is 16.6. The topological polar surface area (TPSA) is 72.7 Å². The molecule has 1 fully saturated rings. The van der Waals surface area contributed by atoms with Crippen LogP contribution < -0.4 is 14.4 Å². The average molecular weight is 379 g/mol. The molecule has 0 aliphatic carbocycles. The smallest absolute Gasteiger partial charge is 0.410 e. The third kappa shape index (κ3) is 6.45. The number of amides is 1. The molecule has 7 heteroatoms. The Bertz CT molecular complexity index is 614. The monoisotopic (exact) mass is 379 g/mol. The first-order valence-corrected chi connectivity index (χ1v) is 9.41. The number of methoxy groups -OCH3 is 1. The Kier molecular flexibility index (Phi) is 8.42. The van der Waals surface area contributed by atoms with Gasteiger partial charge in [-0.05, 0) is 31.5 Å². The predicted octanol–water partition coefficient (Wildman–Crippen LogP) is 0.520. The van der Waals surface area contributed by atoms with Gasteiger partial charge in [-0.2, -0.15) is 0 Å². The van der Waals surface area contributed by atoms with Crippen LogP contribution in [0.1, 0.15) is 12.5 Å². The number of nitrogens with zero attached hydrogens (tertiary/aromatic N) is 1. The number of hydrogen-bond donors (Lipinski definition) is 2. The zero-order valence-corrected chi connectivity index (χ0v) is 16.3. The number of nitrogens with one attached hydrogen (secondary N) is 1. The summed E-state index contributed by atoms with van der Waals surface area (Å²) in [5, 5.41) is 10.3. The Balaban J connectivity index is 1.79. The Hall–Kier alpha value is -2.25. The van der Waals surface area contributed by atoms with Gasteiger partial charge >= 0.3 is 6.09 Å². The molecule has 150 valence electrons. The van der Waals surface area contributed by atoms with Crippen molar-refractivity contribution in [2.24, 2.45) is 0 Å². The summed E-state index contributed by atoms with van der Waals surface area (Å²) in [6.07, 6.45) is 1.65. The van der Waals surface area contributed by atoms with E-state index in [1.165, 1.54) is 4.90 Å². The van der Waals surface area contributed by atoms with Gasteiger partial charge < -0.3 is 24.2 Å². The predicted molar refractivity (Wildman–Crippen MR) is 103 cm³/mol. The fraction of sp³-hybridized carbons (Fsp3) is 0.550. The number of piperazine rings is 1. The number of rotatable bonds is 9. The van der Waals surface area contributed by atoms with E-state index < -0.39 is 6.10 Å². The summed E-state index contributed by atoms with van der Waals surface area (Å²) in [5.41, 5.74) is 0.979. The lowest BCUT2D eigenvalue weighted by Gasteiger charge is -2.32. The van der Waals surface area contributed by atoms with Crippen molar-refractivity contribution in [2.45, 2.75) is 19.4 Å². The summed E-state index contributed by atoms with van der Waals surface area (Å²) in [4.78, 5) is 14.7. The second-order valence-corrected chi connectivity index (χ2v) is 6.57. The molecule has 0 radical (unpaired) electrons. The molecule has 2 N–H and O–H groups in total. The number of allylic oxidation sites excluding steroid dienone is 1. The molecule has 2 rings (SSSR count). The first-order valence-electron chi connectivity index (χ1n) is 9.41. The highest BCUT2D eigenvalue weighted by Gasteiger charge is 2.26. The zero-order valence-electron chi connectivity index (χ0n) is 16.3. The van der Waals surface area contributed by atoms with E-state index in [1.807, 2.05) is 24.3 Å². The van der Waals surface area contributed by atoms with Gasteiger partial charge in [0, 0.05) is 5.56 Å². The first kappa shape index (κ1) is 21.1. The number of quaternary nitrogens is 1. The third-order valence-electron chi connectivity index (χ3n) is 4.58. The summed E-state index contributed by atoms with van der Waals surface area (Å²) in [5.74, 6) is 1.50. The molecule has 0 bridgehead atoms. The van der Waals surface area contributed by atoms with E-state index in [1.54, 1.807) is 18.9 Å². The molecule has 1 amide bonds. The van der Waals surface area contributed by atoms with Crippen molar-refractivity contribution in [3.63, 3.8) is 0 Å². The molecule has 1 heterocycles. The maximum Gasteiger partial charge on any atom is 0.410 e. The lowest BCUT2D eigenvalue weighted by molar-refractivity contribution is -0.907. The molecule has 1 saturated heterocycles. The number of benzene rings is 1. The summed E-state index contributed by atoms with van der Waals surface area (Å²) >= 11 is 0. The maximum atomic E-state index is 11.7. The minimum atomic E-state index is -0.576. The molecule has 0 spiro atoms. The molecule has 1 aliphatic rings. The lowest BCUT2D eigenvalue weighted by atomic mass is 10.1. The lowest BCUT2D eigenvalue weighted by Crippen LogP contribution is -3.16. The van der Waals surface area contributed by atoms with Crippen LogP contribution in [0.25, 0.3) is 0 Å². The molecule has 1 atom stereocenters. The maximum absolute atomic E-state index is 11.7. The largest absolute Gasteiger partial charge is 0.497 e. The second-order valence-electron chi connectivity index (χ2n) is 6.57. The Morgan fingerprint density at radius 2 is 2.15 bits per heavy atom. The molecule has 0 saturated carbocycles. The van der Waals surface area contributed by atoms with Gasteiger partial charge in [0.05, 0.1) is 39.9 Å². The highest BCUT2D eigenvalue weighted by Crippen LogP contribution is 2.25. The molecule has 7 nitrogen and oxygen atoms in total. The van der Waals surface area contributed by atoms with Crippen molar-refractivity contribution in [2.75, 3.05) is 53.0 Å². The van der Waals surface area contributed by atoms with Crippen LogP contribution in [-0.4, -0.2) is 75.3 Å². The zero-order chi connectivity index (χ0) is 19.6. The number of carbonyl (C=O) groups excluding carboxylic acids is 1. The summed E-state index contributed by atoms with van der Waals surface area (Å²) in [6.45, 7) is 9.64. The Morgan fingerprint density at radius 1 is 1.41 bits per heavy atom. The van der Waals surface area contributed by atoms with Gasteiger partial charge in [0.1, 0.15) is 30.8 Å².